The van der Waals surface area contributed by atoms with Crippen molar-refractivity contribution < 1.29 is 19.4 Å². The third kappa shape index (κ3) is 3.95. The normalized spacial score (nSPS) is 10.5. The van der Waals surface area contributed by atoms with Crippen LogP contribution in [-0.2, 0) is 9.53 Å². The van der Waals surface area contributed by atoms with Gasteiger partial charge in [-0.15, -0.1) is 0 Å². The van der Waals surface area contributed by atoms with Crippen LogP contribution in [0.25, 0.3) is 5.69 Å². The van der Waals surface area contributed by atoms with Gasteiger partial charge >= 0.3 is 5.97 Å². The zero-order chi connectivity index (χ0) is 16.8. The van der Waals surface area contributed by atoms with Crippen LogP contribution in [-0.4, -0.2) is 58.5 Å². The van der Waals surface area contributed by atoms with Gasteiger partial charge in [-0.05, 0) is 19.1 Å². The van der Waals surface area contributed by atoms with E-state index in [2.05, 4.69) is 5.10 Å². The molecule has 0 aliphatic carbocycles. The molecule has 0 aliphatic rings. The highest BCUT2D eigenvalue weighted by molar-refractivity contribution is 5.96. The fourth-order valence-corrected chi connectivity index (χ4v) is 2.24. The number of hydrogen-bond donors (Lipinski definition) is 1. The van der Waals surface area contributed by atoms with Crippen LogP contribution in [0.2, 0.25) is 0 Å². The Morgan fingerprint density at radius 1 is 1.30 bits per heavy atom. The van der Waals surface area contributed by atoms with E-state index in [0.29, 0.717) is 11.3 Å². The van der Waals surface area contributed by atoms with Crippen molar-refractivity contribution >= 4 is 11.9 Å². The van der Waals surface area contributed by atoms with Gasteiger partial charge in [0.2, 0.25) is 0 Å². The maximum atomic E-state index is 12.6. The number of hydrogen-bond acceptors (Lipinski definition) is 4. The molecule has 1 amide bonds. The van der Waals surface area contributed by atoms with E-state index in [1.165, 1.54) is 18.2 Å². The predicted molar refractivity (Wildman–Crippen MR) is 83.7 cm³/mol. The number of ether oxygens (including phenoxy) is 1. The van der Waals surface area contributed by atoms with Gasteiger partial charge in [-0.1, -0.05) is 18.2 Å². The van der Waals surface area contributed by atoms with Gasteiger partial charge in [0.1, 0.15) is 6.54 Å². The molecule has 7 heteroatoms. The molecule has 1 aromatic carbocycles. The van der Waals surface area contributed by atoms with E-state index in [1.807, 2.05) is 30.3 Å². The lowest BCUT2D eigenvalue weighted by Gasteiger charge is -2.20. The molecule has 0 bridgehead atoms. The zero-order valence-electron chi connectivity index (χ0n) is 13.1. The Balaban J connectivity index is 2.27. The molecule has 1 aromatic heterocycles. The molecule has 0 fully saturated rings. The predicted octanol–water partition coefficient (Wildman–Crippen LogP) is 1.35. The Bertz CT molecular complexity index is 682. The van der Waals surface area contributed by atoms with Gasteiger partial charge in [-0.2, -0.15) is 5.10 Å². The van der Waals surface area contributed by atoms with Crippen molar-refractivity contribution in [3.63, 3.8) is 0 Å². The Morgan fingerprint density at radius 2 is 2.00 bits per heavy atom. The monoisotopic (exact) mass is 317 g/mol. The lowest BCUT2D eigenvalue weighted by atomic mass is 10.2. The third-order valence-corrected chi connectivity index (χ3v) is 3.42. The number of aliphatic carboxylic acids is 1. The maximum Gasteiger partial charge on any atom is 0.323 e. The van der Waals surface area contributed by atoms with Crippen molar-refractivity contribution in [2.24, 2.45) is 0 Å². The summed E-state index contributed by atoms with van der Waals surface area (Å²) in [5, 5.41) is 13.2. The summed E-state index contributed by atoms with van der Waals surface area (Å²) in [6, 6.07) is 9.43. The fourth-order valence-electron chi connectivity index (χ4n) is 2.24. The number of nitrogens with zero attached hydrogens (tertiary/aromatic N) is 3. The first kappa shape index (κ1) is 16.7. The number of methoxy groups -OCH3 is 1. The van der Waals surface area contributed by atoms with Crippen LogP contribution in [0.4, 0.5) is 0 Å². The average Bonchev–Trinajstić information content (AvgIpc) is 2.93. The number of benzene rings is 1. The van der Waals surface area contributed by atoms with E-state index in [4.69, 9.17) is 9.84 Å². The third-order valence-electron chi connectivity index (χ3n) is 3.42. The second kappa shape index (κ2) is 7.55. The highest BCUT2D eigenvalue weighted by atomic mass is 16.5. The van der Waals surface area contributed by atoms with Crippen LogP contribution >= 0.6 is 0 Å². The summed E-state index contributed by atoms with van der Waals surface area (Å²) in [6.45, 7) is 1.88. The van der Waals surface area contributed by atoms with Crippen molar-refractivity contribution in [3.8, 4) is 5.69 Å². The van der Waals surface area contributed by atoms with Gasteiger partial charge in [0, 0.05) is 13.7 Å². The van der Waals surface area contributed by atoms with Crippen LogP contribution in [0.3, 0.4) is 0 Å². The van der Waals surface area contributed by atoms with E-state index >= 15 is 0 Å². The Hall–Kier alpha value is -2.67. The first-order valence-electron chi connectivity index (χ1n) is 7.14. The second-order valence-corrected chi connectivity index (χ2v) is 5.00. The van der Waals surface area contributed by atoms with E-state index < -0.39 is 5.97 Å². The number of carboxylic acid groups (broad SMARTS) is 1. The first-order chi connectivity index (χ1) is 11.0. The van der Waals surface area contributed by atoms with Crippen LogP contribution in [0.15, 0.2) is 36.5 Å². The lowest BCUT2D eigenvalue weighted by molar-refractivity contribution is -0.137. The lowest BCUT2D eigenvalue weighted by Crippen LogP contribution is -2.38. The molecule has 23 heavy (non-hydrogen) atoms. The number of aromatic nitrogens is 2. The van der Waals surface area contributed by atoms with Crippen molar-refractivity contribution in [2.75, 3.05) is 26.8 Å². The summed E-state index contributed by atoms with van der Waals surface area (Å²) >= 11 is 0. The molecule has 122 valence electrons. The Morgan fingerprint density at radius 3 is 2.61 bits per heavy atom. The van der Waals surface area contributed by atoms with Gasteiger partial charge in [0.25, 0.3) is 5.91 Å². The van der Waals surface area contributed by atoms with Crippen molar-refractivity contribution in [1.29, 1.82) is 0 Å². The van der Waals surface area contributed by atoms with Crippen LogP contribution in [0.1, 0.15) is 16.1 Å². The largest absolute Gasteiger partial charge is 0.480 e. The summed E-state index contributed by atoms with van der Waals surface area (Å²) in [5.41, 5.74) is 1.88. The van der Waals surface area contributed by atoms with E-state index in [-0.39, 0.29) is 25.6 Å². The van der Waals surface area contributed by atoms with E-state index in [1.54, 1.807) is 11.6 Å². The molecule has 1 N–H and O–H groups in total. The zero-order valence-corrected chi connectivity index (χ0v) is 13.1. The summed E-state index contributed by atoms with van der Waals surface area (Å²) < 4.78 is 6.59. The Kier molecular flexibility index (Phi) is 5.48. The summed E-state index contributed by atoms with van der Waals surface area (Å²) in [5.74, 6) is -1.44. The molecule has 0 spiro atoms. The topological polar surface area (TPSA) is 84.7 Å². The molecule has 0 radical (unpaired) electrons. The Labute approximate surface area is 134 Å². The van der Waals surface area contributed by atoms with Gasteiger partial charge in [0.15, 0.2) is 0 Å². The van der Waals surface area contributed by atoms with Crippen LogP contribution in [0.5, 0.6) is 0 Å². The van der Waals surface area contributed by atoms with Crippen molar-refractivity contribution in [2.45, 2.75) is 6.92 Å². The number of para-hydroxylation sites is 1. The van der Waals surface area contributed by atoms with Gasteiger partial charge in [-0.3, -0.25) is 9.59 Å². The highest BCUT2D eigenvalue weighted by Gasteiger charge is 2.22. The molecule has 0 saturated heterocycles. The molecular formula is C16H19N3O4. The smallest absolute Gasteiger partial charge is 0.323 e. The molecule has 0 unspecified atom stereocenters. The summed E-state index contributed by atoms with van der Waals surface area (Å²) in [4.78, 5) is 24.8. The standard InChI is InChI=1S/C16H19N3O4/c1-12-14(10-17-19(12)13-6-4-3-5-7-13)16(22)18(8-9-23-2)11-15(20)21/h3-7,10H,8-9,11H2,1-2H3,(H,20,21). The van der Waals surface area contributed by atoms with Gasteiger partial charge in [0.05, 0.1) is 29.7 Å². The summed E-state index contributed by atoms with van der Waals surface area (Å²) in [6.07, 6.45) is 1.46. The molecule has 7 nitrogen and oxygen atoms in total. The molecule has 0 saturated carbocycles. The summed E-state index contributed by atoms with van der Waals surface area (Å²) in [7, 11) is 1.50. The number of amides is 1. The number of carbonyl (C=O) groups is 2. The number of rotatable bonds is 7. The number of carbonyl (C=O) groups excluding carboxylic acids is 1. The molecule has 0 atom stereocenters. The maximum absolute atomic E-state index is 12.6. The molecule has 0 aliphatic heterocycles. The van der Waals surface area contributed by atoms with Gasteiger partial charge < -0.3 is 14.7 Å². The van der Waals surface area contributed by atoms with E-state index in [0.717, 1.165) is 5.69 Å². The first-order valence-corrected chi connectivity index (χ1v) is 7.14. The minimum Gasteiger partial charge on any atom is -0.480 e. The fraction of sp³-hybridized carbons (Fsp3) is 0.312. The molecule has 1 heterocycles. The number of carboxylic acids is 1. The van der Waals surface area contributed by atoms with Crippen molar-refractivity contribution in [1.82, 2.24) is 14.7 Å². The SMILES string of the molecule is COCCN(CC(=O)O)C(=O)c1cnn(-c2ccccc2)c1C. The highest BCUT2D eigenvalue weighted by Crippen LogP contribution is 2.15. The minimum absolute atomic E-state index is 0.206. The molecular weight excluding hydrogens is 298 g/mol. The molecule has 2 aromatic rings. The minimum atomic E-state index is -1.07. The van der Waals surface area contributed by atoms with Crippen molar-refractivity contribution in [3.05, 3.63) is 47.8 Å². The van der Waals surface area contributed by atoms with Crippen LogP contribution < -0.4 is 0 Å². The molecule has 2 rings (SSSR count). The van der Waals surface area contributed by atoms with E-state index in [9.17, 15) is 9.59 Å². The quantitative estimate of drug-likeness (QED) is 0.833. The second-order valence-electron chi connectivity index (χ2n) is 5.00. The van der Waals surface area contributed by atoms with Crippen LogP contribution in [0, 0.1) is 6.92 Å². The van der Waals surface area contributed by atoms with Gasteiger partial charge in [-0.25, -0.2) is 4.68 Å². The average molecular weight is 317 g/mol.